The number of halogens is 4. The number of anilines is 1. The smallest absolute Gasteiger partial charge is 0.371 e. The van der Waals surface area contributed by atoms with Crippen molar-refractivity contribution >= 4 is 16.7 Å². The predicted molar refractivity (Wildman–Crippen MR) is 87.4 cm³/mol. The van der Waals surface area contributed by atoms with Gasteiger partial charge >= 0.3 is 6.18 Å². The number of rotatable bonds is 2. The average Bonchev–Trinajstić information content (AvgIpc) is 3.04. The van der Waals surface area contributed by atoms with Crippen LogP contribution in [0.25, 0.3) is 11.0 Å². The number of piperidine rings is 1. The van der Waals surface area contributed by atoms with Gasteiger partial charge in [0.1, 0.15) is 11.5 Å². The van der Waals surface area contributed by atoms with E-state index < -0.39 is 11.9 Å². The second-order valence-electron chi connectivity index (χ2n) is 6.37. The highest BCUT2D eigenvalue weighted by Crippen LogP contribution is 2.35. The van der Waals surface area contributed by atoms with Gasteiger partial charge in [-0.1, -0.05) is 5.16 Å². The van der Waals surface area contributed by atoms with Gasteiger partial charge in [-0.2, -0.15) is 13.2 Å². The fourth-order valence-corrected chi connectivity index (χ4v) is 3.41. The standard InChI is InChI=1S/C18H15F4N3O/c19-12-1-2-14-15(9-12)26-24-17(14)11-4-7-25(8-5-11)13-3-6-23-16(10-13)18(20,21)22/h1-3,6,9-11H,4-5,7-8H2. The van der Waals surface area contributed by atoms with Crippen LogP contribution in [-0.4, -0.2) is 23.2 Å². The van der Waals surface area contributed by atoms with E-state index in [0.717, 1.165) is 30.0 Å². The number of alkyl halides is 3. The SMILES string of the molecule is Fc1ccc2c(C3CCN(c4ccnc(C(F)(F)F)c4)CC3)noc2c1. The lowest BCUT2D eigenvalue weighted by Crippen LogP contribution is -2.33. The van der Waals surface area contributed by atoms with Gasteiger partial charge in [0.25, 0.3) is 0 Å². The van der Waals surface area contributed by atoms with Crippen molar-refractivity contribution in [1.29, 1.82) is 0 Å². The summed E-state index contributed by atoms with van der Waals surface area (Å²) >= 11 is 0. The molecule has 0 atom stereocenters. The minimum atomic E-state index is -4.46. The van der Waals surface area contributed by atoms with Crippen LogP contribution < -0.4 is 4.90 Å². The summed E-state index contributed by atoms with van der Waals surface area (Å²) in [5.74, 6) is -0.255. The molecular weight excluding hydrogens is 350 g/mol. The van der Waals surface area contributed by atoms with Crippen molar-refractivity contribution in [3.63, 3.8) is 0 Å². The molecule has 0 aliphatic carbocycles. The van der Waals surface area contributed by atoms with Crippen LogP contribution in [0.15, 0.2) is 41.1 Å². The molecule has 8 heteroatoms. The molecule has 0 saturated carbocycles. The van der Waals surface area contributed by atoms with Crippen LogP contribution in [0, 0.1) is 5.82 Å². The minimum absolute atomic E-state index is 0.127. The fourth-order valence-electron chi connectivity index (χ4n) is 3.41. The Kier molecular flexibility index (Phi) is 4.05. The largest absolute Gasteiger partial charge is 0.433 e. The van der Waals surface area contributed by atoms with Crippen molar-refractivity contribution < 1.29 is 22.1 Å². The topological polar surface area (TPSA) is 42.2 Å². The van der Waals surface area contributed by atoms with Crippen LogP contribution in [0.4, 0.5) is 23.2 Å². The first kappa shape index (κ1) is 16.8. The van der Waals surface area contributed by atoms with E-state index in [-0.39, 0.29) is 11.7 Å². The zero-order valence-electron chi connectivity index (χ0n) is 13.6. The molecule has 26 heavy (non-hydrogen) atoms. The molecule has 1 aliphatic heterocycles. The lowest BCUT2D eigenvalue weighted by molar-refractivity contribution is -0.141. The van der Waals surface area contributed by atoms with E-state index in [1.165, 1.54) is 18.3 Å². The number of fused-ring (bicyclic) bond motifs is 1. The molecule has 4 nitrogen and oxygen atoms in total. The molecular formula is C18H15F4N3O. The second-order valence-corrected chi connectivity index (χ2v) is 6.37. The molecule has 4 rings (SSSR count). The quantitative estimate of drug-likeness (QED) is 0.614. The van der Waals surface area contributed by atoms with Crippen molar-refractivity contribution in [1.82, 2.24) is 10.1 Å². The number of pyridine rings is 1. The van der Waals surface area contributed by atoms with E-state index in [1.54, 1.807) is 12.1 Å². The first-order chi connectivity index (χ1) is 12.4. The molecule has 1 aromatic carbocycles. The van der Waals surface area contributed by atoms with E-state index in [9.17, 15) is 17.6 Å². The third kappa shape index (κ3) is 3.11. The lowest BCUT2D eigenvalue weighted by atomic mass is 9.91. The Bertz CT molecular complexity index is 930. The van der Waals surface area contributed by atoms with Gasteiger partial charge in [0.2, 0.25) is 0 Å². The van der Waals surface area contributed by atoms with Gasteiger partial charge in [-0.05, 0) is 37.1 Å². The van der Waals surface area contributed by atoms with Gasteiger partial charge in [0.05, 0.1) is 5.69 Å². The van der Waals surface area contributed by atoms with E-state index >= 15 is 0 Å². The Morgan fingerprint density at radius 3 is 2.58 bits per heavy atom. The molecule has 3 heterocycles. The summed E-state index contributed by atoms with van der Waals surface area (Å²) in [7, 11) is 0. The molecule has 1 saturated heterocycles. The molecule has 2 aromatic heterocycles. The number of nitrogens with zero attached hydrogens (tertiary/aromatic N) is 3. The summed E-state index contributed by atoms with van der Waals surface area (Å²) in [6, 6.07) is 6.99. The normalized spacial score (nSPS) is 16.4. The molecule has 3 aromatic rings. The molecule has 136 valence electrons. The van der Waals surface area contributed by atoms with Gasteiger partial charge in [-0.25, -0.2) is 4.39 Å². The van der Waals surface area contributed by atoms with Crippen LogP contribution >= 0.6 is 0 Å². The maximum atomic E-state index is 13.3. The zero-order valence-corrected chi connectivity index (χ0v) is 13.6. The summed E-state index contributed by atoms with van der Waals surface area (Å²) < 4.78 is 57.0. The van der Waals surface area contributed by atoms with Crippen LogP contribution in [0.2, 0.25) is 0 Å². The molecule has 0 amide bonds. The number of benzene rings is 1. The Labute approximate surface area is 146 Å². The van der Waals surface area contributed by atoms with Crippen LogP contribution in [0.3, 0.4) is 0 Å². The van der Waals surface area contributed by atoms with Gasteiger partial charge in [-0.15, -0.1) is 0 Å². The number of hydrogen-bond donors (Lipinski definition) is 0. The minimum Gasteiger partial charge on any atom is -0.371 e. The first-order valence-corrected chi connectivity index (χ1v) is 8.25. The van der Waals surface area contributed by atoms with Crippen molar-refractivity contribution in [2.45, 2.75) is 24.9 Å². The van der Waals surface area contributed by atoms with Gasteiger partial charge in [0.15, 0.2) is 5.58 Å². The summed E-state index contributed by atoms with van der Waals surface area (Å²) in [5, 5.41) is 4.87. The molecule has 0 unspecified atom stereocenters. The van der Waals surface area contributed by atoms with E-state index in [0.29, 0.717) is 24.4 Å². The molecule has 1 aliphatic rings. The zero-order chi connectivity index (χ0) is 18.3. The van der Waals surface area contributed by atoms with E-state index in [2.05, 4.69) is 10.1 Å². The van der Waals surface area contributed by atoms with Gasteiger partial charge in [-0.3, -0.25) is 4.98 Å². The number of aromatic nitrogens is 2. The van der Waals surface area contributed by atoms with Gasteiger partial charge < -0.3 is 9.42 Å². The monoisotopic (exact) mass is 365 g/mol. The molecule has 0 bridgehead atoms. The van der Waals surface area contributed by atoms with Crippen molar-refractivity contribution in [2.24, 2.45) is 0 Å². The highest BCUT2D eigenvalue weighted by Gasteiger charge is 2.33. The van der Waals surface area contributed by atoms with E-state index in [1.807, 2.05) is 4.90 Å². The Hall–Kier alpha value is -2.64. The summed E-state index contributed by atoms with van der Waals surface area (Å²) in [6.45, 7) is 1.20. The maximum absolute atomic E-state index is 13.3. The highest BCUT2D eigenvalue weighted by molar-refractivity contribution is 5.80. The summed E-state index contributed by atoms with van der Waals surface area (Å²) in [5.41, 5.74) is 0.816. The summed E-state index contributed by atoms with van der Waals surface area (Å²) in [4.78, 5) is 5.31. The molecule has 1 fully saturated rings. The van der Waals surface area contributed by atoms with Crippen molar-refractivity contribution in [2.75, 3.05) is 18.0 Å². The lowest BCUT2D eigenvalue weighted by Gasteiger charge is -2.33. The average molecular weight is 365 g/mol. The maximum Gasteiger partial charge on any atom is 0.433 e. The Morgan fingerprint density at radius 1 is 1.08 bits per heavy atom. The van der Waals surface area contributed by atoms with Crippen molar-refractivity contribution in [3.8, 4) is 0 Å². The van der Waals surface area contributed by atoms with Crippen molar-refractivity contribution in [3.05, 3.63) is 53.7 Å². The third-order valence-electron chi connectivity index (χ3n) is 4.74. The van der Waals surface area contributed by atoms with Gasteiger partial charge in [0, 0.05) is 42.3 Å². The number of hydrogen-bond acceptors (Lipinski definition) is 4. The van der Waals surface area contributed by atoms with Crippen LogP contribution in [0.1, 0.15) is 30.1 Å². The molecule has 0 N–H and O–H groups in total. The van der Waals surface area contributed by atoms with E-state index in [4.69, 9.17) is 4.52 Å². The molecule has 0 radical (unpaired) electrons. The van der Waals surface area contributed by atoms with Crippen LogP contribution in [-0.2, 0) is 6.18 Å². The third-order valence-corrected chi connectivity index (χ3v) is 4.74. The predicted octanol–water partition coefficient (Wildman–Crippen LogP) is 4.76. The Morgan fingerprint density at radius 2 is 1.85 bits per heavy atom. The second kappa shape index (κ2) is 6.26. The van der Waals surface area contributed by atoms with Crippen LogP contribution in [0.5, 0.6) is 0 Å². The molecule has 0 spiro atoms. The first-order valence-electron chi connectivity index (χ1n) is 8.25. The summed E-state index contributed by atoms with van der Waals surface area (Å²) in [6.07, 6.45) is -1.82. The fraction of sp³-hybridized carbons (Fsp3) is 0.333. The Balaban J connectivity index is 1.50. The highest BCUT2D eigenvalue weighted by atomic mass is 19.4.